The molecule has 2 aliphatic heterocycles. The number of hydrogen-bond acceptors (Lipinski definition) is 3. The fraction of sp³-hybridized carbons (Fsp3) is 0.941. The van der Waals surface area contributed by atoms with E-state index in [0.717, 1.165) is 25.8 Å². The Kier molecular flexibility index (Phi) is 4.88. The van der Waals surface area contributed by atoms with Crippen LogP contribution in [0.2, 0.25) is 0 Å². The second-order valence-electron chi connectivity index (χ2n) is 8.74. The fourth-order valence-corrected chi connectivity index (χ4v) is 5.27. The normalized spacial score (nSPS) is 35.8. The van der Waals surface area contributed by atoms with Crippen molar-refractivity contribution in [3.63, 3.8) is 0 Å². The molecule has 2 unspecified atom stereocenters. The minimum Gasteiger partial charge on any atom is -0.381 e. The first kappa shape index (κ1) is 18.0. The second kappa shape index (κ2) is 5.95. The van der Waals surface area contributed by atoms with Gasteiger partial charge in [-0.25, -0.2) is 0 Å². The predicted molar refractivity (Wildman–Crippen MR) is 90.0 cm³/mol. The lowest BCUT2D eigenvalue weighted by molar-refractivity contribution is -0.148. The summed E-state index contributed by atoms with van der Waals surface area (Å²) in [6.07, 6.45) is 5.08. The largest absolute Gasteiger partial charge is 0.381 e. The highest BCUT2D eigenvalue weighted by molar-refractivity contribution is 5.85. The lowest BCUT2D eigenvalue weighted by Crippen LogP contribution is -2.52. The van der Waals surface area contributed by atoms with Gasteiger partial charge >= 0.3 is 0 Å². The smallest absolute Gasteiger partial charge is 0.230 e. The van der Waals surface area contributed by atoms with Gasteiger partial charge in [0.15, 0.2) is 0 Å². The first-order valence-electron chi connectivity index (χ1n) is 8.38. The molecule has 3 aliphatic rings. The number of amides is 1. The van der Waals surface area contributed by atoms with Gasteiger partial charge < -0.3 is 15.4 Å². The number of nitrogens with zero attached hydrogens (tertiary/aromatic N) is 1. The average molecular weight is 331 g/mol. The van der Waals surface area contributed by atoms with E-state index in [-0.39, 0.29) is 17.8 Å². The van der Waals surface area contributed by atoms with Gasteiger partial charge in [0.25, 0.3) is 0 Å². The quantitative estimate of drug-likeness (QED) is 0.846. The Labute approximate surface area is 140 Å². The molecular weight excluding hydrogens is 300 g/mol. The lowest BCUT2D eigenvalue weighted by atomic mass is 9.65. The lowest BCUT2D eigenvalue weighted by Gasteiger charge is -2.41. The number of fused-ring (bicyclic) bond motifs is 2. The Bertz CT molecular complexity index is 434. The zero-order valence-electron chi connectivity index (χ0n) is 14.2. The number of rotatable bonds is 2. The van der Waals surface area contributed by atoms with Crippen LogP contribution < -0.4 is 5.73 Å². The summed E-state index contributed by atoms with van der Waals surface area (Å²) in [6, 6.07) is 0.414. The van der Waals surface area contributed by atoms with Crippen LogP contribution in [0.1, 0.15) is 52.9 Å². The topological polar surface area (TPSA) is 55.6 Å². The van der Waals surface area contributed by atoms with Crippen molar-refractivity contribution in [3.8, 4) is 0 Å². The van der Waals surface area contributed by atoms with E-state index in [2.05, 4.69) is 25.7 Å². The van der Waals surface area contributed by atoms with Crippen molar-refractivity contribution in [1.82, 2.24) is 4.90 Å². The molecule has 2 N–H and O–H groups in total. The van der Waals surface area contributed by atoms with Crippen molar-refractivity contribution in [2.45, 2.75) is 58.9 Å². The highest BCUT2D eigenvalue weighted by atomic mass is 35.5. The number of carbonyl (C=O) groups is 1. The summed E-state index contributed by atoms with van der Waals surface area (Å²) in [4.78, 5) is 15.4. The third-order valence-corrected chi connectivity index (χ3v) is 5.97. The maximum Gasteiger partial charge on any atom is 0.230 e. The zero-order valence-corrected chi connectivity index (χ0v) is 15.0. The minimum absolute atomic E-state index is 0. The Morgan fingerprint density at radius 3 is 2.45 bits per heavy atom. The van der Waals surface area contributed by atoms with Crippen molar-refractivity contribution in [2.75, 3.05) is 26.3 Å². The summed E-state index contributed by atoms with van der Waals surface area (Å²) in [5, 5.41) is 0. The number of nitrogens with two attached hydrogens (primary N) is 1. The van der Waals surface area contributed by atoms with Crippen LogP contribution in [0.25, 0.3) is 0 Å². The van der Waals surface area contributed by atoms with Gasteiger partial charge in [0.1, 0.15) is 0 Å². The van der Waals surface area contributed by atoms with E-state index < -0.39 is 0 Å². The number of ether oxygens (including phenoxy) is 1. The second-order valence-corrected chi connectivity index (χ2v) is 8.74. The Hall–Kier alpha value is -0.320. The highest BCUT2D eigenvalue weighted by Gasteiger charge is 2.54. The standard InChI is InChI=1S/C17H30N2O2.ClH/c1-15(2)8-13-9-16(3,10-15)12-19(13)14(20)17(11-18)4-6-21-7-5-17;/h13H,4-12,18H2,1-3H3;1H. The van der Waals surface area contributed by atoms with E-state index in [4.69, 9.17) is 10.5 Å². The summed E-state index contributed by atoms with van der Waals surface area (Å²) >= 11 is 0. The zero-order chi connectivity index (χ0) is 15.3. The van der Waals surface area contributed by atoms with Crippen LogP contribution in [0.4, 0.5) is 0 Å². The SMILES string of the molecule is CC1(C)CC2CC(C)(CN2C(=O)C2(CN)CCOCC2)C1.Cl. The monoisotopic (exact) mass is 330 g/mol. The number of likely N-dealkylation sites (tertiary alicyclic amines) is 1. The molecule has 22 heavy (non-hydrogen) atoms. The van der Waals surface area contributed by atoms with E-state index >= 15 is 0 Å². The molecule has 128 valence electrons. The summed E-state index contributed by atoms with van der Waals surface area (Å²) in [5.41, 5.74) is 6.30. The molecule has 0 radical (unpaired) electrons. The van der Waals surface area contributed by atoms with Gasteiger partial charge in [-0.05, 0) is 42.9 Å². The molecule has 0 aromatic heterocycles. The van der Waals surface area contributed by atoms with Gasteiger partial charge in [-0.3, -0.25) is 4.79 Å². The molecule has 0 spiro atoms. The molecule has 1 amide bonds. The van der Waals surface area contributed by atoms with Gasteiger partial charge in [-0.2, -0.15) is 0 Å². The number of halogens is 1. The van der Waals surface area contributed by atoms with Crippen molar-refractivity contribution >= 4 is 18.3 Å². The van der Waals surface area contributed by atoms with Crippen LogP contribution in [0, 0.1) is 16.2 Å². The van der Waals surface area contributed by atoms with Crippen molar-refractivity contribution in [2.24, 2.45) is 22.0 Å². The Balaban J connectivity index is 0.00000176. The van der Waals surface area contributed by atoms with Gasteiger partial charge in [0, 0.05) is 32.3 Å². The molecule has 2 atom stereocenters. The summed E-state index contributed by atoms with van der Waals surface area (Å²) < 4.78 is 5.45. The van der Waals surface area contributed by atoms with Crippen LogP contribution in [0.5, 0.6) is 0 Å². The van der Waals surface area contributed by atoms with Gasteiger partial charge in [-0.15, -0.1) is 12.4 Å². The van der Waals surface area contributed by atoms with Crippen LogP contribution in [0.3, 0.4) is 0 Å². The maximum absolute atomic E-state index is 13.2. The van der Waals surface area contributed by atoms with E-state index in [9.17, 15) is 4.79 Å². The predicted octanol–water partition coefficient (Wildman–Crippen LogP) is 2.59. The van der Waals surface area contributed by atoms with E-state index in [1.807, 2.05) is 0 Å². The van der Waals surface area contributed by atoms with E-state index in [1.165, 1.54) is 12.8 Å². The molecule has 2 bridgehead atoms. The van der Waals surface area contributed by atoms with Crippen LogP contribution >= 0.6 is 12.4 Å². The van der Waals surface area contributed by atoms with Gasteiger partial charge in [0.05, 0.1) is 5.41 Å². The number of hydrogen-bond donors (Lipinski definition) is 1. The fourth-order valence-electron chi connectivity index (χ4n) is 5.27. The van der Waals surface area contributed by atoms with E-state index in [0.29, 0.717) is 42.5 Å². The van der Waals surface area contributed by atoms with Crippen molar-refractivity contribution < 1.29 is 9.53 Å². The van der Waals surface area contributed by atoms with Crippen LogP contribution in [-0.2, 0) is 9.53 Å². The average Bonchev–Trinajstić information content (AvgIpc) is 2.68. The molecular formula is C17H31ClN2O2. The van der Waals surface area contributed by atoms with Crippen LogP contribution in [-0.4, -0.2) is 43.2 Å². The summed E-state index contributed by atoms with van der Waals surface area (Å²) in [7, 11) is 0. The third kappa shape index (κ3) is 3.02. The third-order valence-electron chi connectivity index (χ3n) is 5.97. The Morgan fingerprint density at radius 2 is 1.86 bits per heavy atom. The van der Waals surface area contributed by atoms with Crippen molar-refractivity contribution in [1.29, 1.82) is 0 Å². The molecule has 0 aromatic rings. The highest BCUT2D eigenvalue weighted by Crippen LogP contribution is 2.53. The minimum atomic E-state index is -0.365. The summed E-state index contributed by atoms with van der Waals surface area (Å²) in [5.74, 6) is 0.305. The van der Waals surface area contributed by atoms with Gasteiger partial charge in [-0.1, -0.05) is 20.8 Å². The maximum atomic E-state index is 13.2. The van der Waals surface area contributed by atoms with Gasteiger partial charge in [0.2, 0.25) is 5.91 Å². The first-order chi connectivity index (χ1) is 9.79. The molecule has 0 aromatic carbocycles. The molecule has 3 rings (SSSR count). The van der Waals surface area contributed by atoms with Crippen LogP contribution in [0.15, 0.2) is 0 Å². The molecule has 2 saturated heterocycles. The Morgan fingerprint density at radius 1 is 1.23 bits per heavy atom. The molecule has 1 aliphatic carbocycles. The first-order valence-corrected chi connectivity index (χ1v) is 8.38. The summed E-state index contributed by atoms with van der Waals surface area (Å²) in [6.45, 7) is 9.76. The molecule has 5 heteroatoms. The molecule has 1 saturated carbocycles. The number of carbonyl (C=O) groups excluding carboxylic acids is 1. The molecule has 2 heterocycles. The van der Waals surface area contributed by atoms with Crippen molar-refractivity contribution in [3.05, 3.63) is 0 Å². The molecule has 3 fully saturated rings. The van der Waals surface area contributed by atoms with E-state index in [1.54, 1.807) is 0 Å². The molecule has 4 nitrogen and oxygen atoms in total.